The van der Waals surface area contributed by atoms with Crippen LogP contribution in [0.1, 0.15) is 37.7 Å². The molecule has 5 heteroatoms. The standard InChI is InChI=1S/C15H20N2O2S/c16-12-6-8-13-7-4-5-11-15(13)20(18,19)17-14-9-2-1-3-10-14/h4-5,7,11,14,17H,1-3,9-10,12,16H2. The average molecular weight is 292 g/mol. The van der Waals surface area contributed by atoms with Crippen molar-refractivity contribution in [2.45, 2.75) is 43.0 Å². The average Bonchev–Trinajstić information content (AvgIpc) is 2.46. The molecule has 20 heavy (non-hydrogen) atoms. The Morgan fingerprint density at radius 3 is 2.60 bits per heavy atom. The van der Waals surface area contributed by atoms with Crippen molar-refractivity contribution in [2.24, 2.45) is 5.73 Å². The molecule has 1 fully saturated rings. The van der Waals surface area contributed by atoms with Gasteiger partial charge in [-0.2, -0.15) is 0 Å². The third-order valence-electron chi connectivity index (χ3n) is 3.43. The van der Waals surface area contributed by atoms with Crippen molar-refractivity contribution in [1.82, 2.24) is 4.72 Å². The zero-order valence-corrected chi connectivity index (χ0v) is 12.2. The highest BCUT2D eigenvalue weighted by molar-refractivity contribution is 7.89. The smallest absolute Gasteiger partial charge is 0.242 e. The summed E-state index contributed by atoms with van der Waals surface area (Å²) < 4.78 is 27.7. The van der Waals surface area contributed by atoms with Crippen molar-refractivity contribution in [3.8, 4) is 11.8 Å². The minimum Gasteiger partial charge on any atom is -0.320 e. The predicted octanol–water partition coefficient (Wildman–Crippen LogP) is 1.61. The van der Waals surface area contributed by atoms with Crippen LogP contribution >= 0.6 is 0 Å². The molecule has 3 N–H and O–H groups in total. The molecule has 1 aliphatic rings. The fraction of sp³-hybridized carbons (Fsp3) is 0.467. The van der Waals surface area contributed by atoms with Gasteiger partial charge in [0.1, 0.15) is 0 Å². The molecule has 0 amide bonds. The highest BCUT2D eigenvalue weighted by Crippen LogP contribution is 2.21. The summed E-state index contributed by atoms with van der Waals surface area (Å²) >= 11 is 0. The Labute approximate surface area is 120 Å². The molecule has 0 bridgehead atoms. The quantitative estimate of drug-likeness (QED) is 0.831. The molecule has 0 unspecified atom stereocenters. The van der Waals surface area contributed by atoms with Crippen LogP contribution in [0, 0.1) is 11.8 Å². The Morgan fingerprint density at radius 1 is 1.20 bits per heavy atom. The summed E-state index contributed by atoms with van der Waals surface area (Å²) in [7, 11) is -3.51. The third kappa shape index (κ3) is 3.83. The first-order valence-electron chi connectivity index (χ1n) is 6.94. The molecule has 0 aromatic heterocycles. The van der Waals surface area contributed by atoms with Crippen molar-refractivity contribution in [1.29, 1.82) is 0 Å². The minimum atomic E-state index is -3.51. The molecule has 1 aromatic rings. The van der Waals surface area contributed by atoms with E-state index in [9.17, 15) is 8.42 Å². The molecular formula is C15H20N2O2S. The molecule has 0 atom stereocenters. The van der Waals surface area contributed by atoms with Gasteiger partial charge in [0.25, 0.3) is 0 Å². The van der Waals surface area contributed by atoms with Crippen LogP contribution in [-0.4, -0.2) is 21.0 Å². The van der Waals surface area contributed by atoms with Gasteiger partial charge in [-0.25, -0.2) is 13.1 Å². The van der Waals surface area contributed by atoms with Crippen LogP contribution in [0.15, 0.2) is 29.2 Å². The maximum atomic E-state index is 12.5. The van der Waals surface area contributed by atoms with Gasteiger partial charge in [-0.1, -0.05) is 43.2 Å². The molecule has 0 saturated heterocycles. The summed E-state index contributed by atoms with van der Waals surface area (Å²) in [4.78, 5) is 0.242. The van der Waals surface area contributed by atoms with E-state index >= 15 is 0 Å². The summed E-state index contributed by atoms with van der Waals surface area (Å²) in [5.41, 5.74) is 5.85. The number of nitrogens with two attached hydrogens (primary N) is 1. The summed E-state index contributed by atoms with van der Waals surface area (Å²) in [6.07, 6.45) is 5.19. The lowest BCUT2D eigenvalue weighted by Gasteiger charge is -2.22. The van der Waals surface area contributed by atoms with Crippen molar-refractivity contribution in [3.05, 3.63) is 29.8 Å². The van der Waals surface area contributed by atoms with Crippen molar-refractivity contribution in [2.75, 3.05) is 6.54 Å². The first kappa shape index (κ1) is 15.0. The minimum absolute atomic E-state index is 0.0456. The van der Waals surface area contributed by atoms with Crippen molar-refractivity contribution in [3.63, 3.8) is 0 Å². The van der Waals surface area contributed by atoms with E-state index in [0.717, 1.165) is 25.7 Å². The molecule has 4 nitrogen and oxygen atoms in total. The Kier molecular flexibility index (Phi) is 5.18. The highest BCUT2D eigenvalue weighted by Gasteiger charge is 2.23. The molecule has 0 spiro atoms. The summed E-state index contributed by atoms with van der Waals surface area (Å²) in [6.45, 7) is 0.213. The van der Waals surface area contributed by atoms with E-state index in [1.54, 1.807) is 24.3 Å². The first-order chi connectivity index (χ1) is 9.63. The lowest BCUT2D eigenvalue weighted by molar-refractivity contribution is 0.412. The van der Waals surface area contributed by atoms with E-state index in [4.69, 9.17) is 5.73 Å². The Bertz CT molecular complexity index is 608. The zero-order valence-electron chi connectivity index (χ0n) is 11.4. The molecule has 108 valence electrons. The number of rotatable bonds is 3. The number of nitrogens with one attached hydrogen (secondary N) is 1. The van der Waals surface area contributed by atoms with Gasteiger partial charge in [0.15, 0.2) is 0 Å². The maximum absolute atomic E-state index is 12.5. The second-order valence-corrected chi connectivity index (χ2v) is 6.64. The van der Waals surface area contributed by atoms with Crippen LogP contribution in [-0.2, 0) is 10.0 Å². The molecule has 0 aliphatic heterocycles. The molecule has 1 saturated carbocycles. The molecule has 0 radical (unpaired) electrons. The van der Waals surface area contributed by atoms with Crippen LogP contribution < -0.4 is 10.5 Å². The van der Waals surface area contributed by atoms with E-state index in [0.29, 0.717) is 5.56 Å². The van der Waals surface area contributed by atoms with Crippen LogP contribution in [0.5, 0.6) is 0 Å². The SMILES string of the molecule is NCC#Cc1ccccc1S(=O)(=O)NC1CCCCC1. The van der Waals surface area contributed by atoms with Gasteiger partial charge in [0, 0.05) is 11.6 Å². The van der Waals surface area contributed by atoms with Gasteiger partial charge in [0.2, 0.25) is 10.0 Å². The summed E-state index contributed by atoms with van der Waals surface area (Å²) in [5.74, 6) is 5.53. The van der Waals surface area contributed by atoms with Crippen LogP contribution in [0.4, 0.5) is 0 Å². The topological polar surface area (TPSA) is 72.2 Å². The maximum Gasteiger partial charge on any atom is 0.242 e. The van der Waals surface area contributed by atoms with Crippen LogP contribution in [0.3, 0.4) is 0 Å². The highest BCUT2D eigenvalue weighted by atomic mass is 32.2. The molecular weight excluding hydrogens is 272 g/mol. The lowest BCUT2D eigenvalue weighted by atomic mass is 9.96. The monoisotopic (exact) mass is 292 g/mol. The second kappa shape index (κ2) is 6.89. The van der Waals surface area contributed by atoms with Crippen molar-refractivity contribution >= 4 is 10.0 Å². The Morgan fingerprint density at radius 2 is 1.90 bits per heavy atom. The van der Waals surface area contributed by atoms with Crippen LogP contribution in [0.25, 0.3) is 0 Å². The number of benzene rings is 1. The van der Waals surface area contributed by atoms with Crippen LogP contribution in [0.2, 0.25) is 0 Å². The largest absolute Gasteiger partial charge is 0.320 e. The Balaban J connectivity index is 2.24. The van der Waals surface area contributed by atoms with E-state index in [1.165, 1.54) is 6.42 Å². The molecule has 1 aromatic carbocycles. The zero-order chi connectivity index (χ0) is 14.4. The third-order valence-corrected chi connectivity index (χ3v) is 5.01. The van der Waals surface area contributed by atoms with Gasteiger partial charge in [-0.15, -0.1) is 0 Å². The number of hydrogen-bond donors (Lipinski definition) is 2. The van der Waals surface area contributed by atoms with Gasteiger partial charge in [-0.3, -0.25) is 0 Å². The number of sulfonamides is 1. The van der Waals surface area contributed by atoms with Crippen molar-refractivity contribution < 1.29 is 8.42 Å². The van der Waals surface area contributed by atoms with Gasteiger partial charge >= 0.3 is 0 Å². The normalized spacial score (nSPS) is 16.4. The van der Waals surface area contributed by atoms with Gasteiger partial charge in [-0.05, 0) is 25.0 Å². The predicted molar refractivity (Wildman–Crippen MR) is 79.6 cm³/mol. The summed E-state index contributed by atoms with van der Waals surface area (Å²) in [6, 6.07) is 6.83. The Hall–Kier alpha value is -1.35. The summed E-state index contributed by atoms with van der Waals surface area (Å²) in [5, 5.41) is 0. The van der Waals surface area contributed by atoms with E-state index in [1.807, 2.05) is 0 Å². The van der Waals surface area contributed by atoms with E-state index in [-0.39, 0.29) is 17.5 Å². The number of hydrogen-bond acceptors (Lipinski definition) is 3. The fourth-order valence-corrected chi connectivity index (χ4v) is 3.92. The van der Waals surface area contributed by atoms with Gasteiger partial charge < -0.3 is 5.73 Å². The van der Waals surface area contributed by atoms with E-state index in [2.05, 4.69) is 16.6 Å². The van der Waals surface area contributed by atoms with Gasteiger partial charge in [0.05, 0.1) is 11.4 Å². The second-order valence-electron chi connectivity index (χ2n) is 4.96. The molecule has 1 aliphatic carbocycles. The first-order valence-corrected chi connectivity index (χ1v) is 8.42. The lowest BCUT2D eigenvalue weighted by Crippen LogP contribution is -2.36. The molecule has 0 heterocycles. The van der Waals surface area contributed by atoms with E-state index < -0.39 is 10.0 Å². The fourth-order valence-electron chi connectivity index (χ4n) is 2.45. The molecule has 2 rings (SSSR count).